The van der Waals surface area contributed by atoms with E-state index in [2.05, 4.69) is 10.4 Å². The Balaban J connectivity index is 2.66. The van der Waals surface area contributed by atoms with Crippen LogP contribution in [0.15, 0.2) is 18.5 Å². The topological polar surface area (TPSA) is 87.5 Å². The van der Waals surface area contributed by atoms with Crippen LogP contribution in [0.5, 0.6) is 0 Å². The highest BCUT2D eigenvalue weighted by Crippen LogP contribution is 2.14. The van der Waals surface area contributed by atoms with Gasteiger partial charge >= 0.3 is 12.0 Å². The van der Waals surface area contributed by atoms with E-state index in [4.69, 9.17) is 0 Å². The van der Waals surface area contributed by atoms with Gasteiger partial charge < -0.3 is 15.3 Å². The van der Waals surface area contributed by atoms with Crippen molar-refractivity contribution in [2.45, 2.75) is 45.8 Å². The van der Waals surface area contributed by atoms with Crippen molar-refractivity contribution in [1.82, 2.24) is 20.0 Å². The lowest BCUT2D eigenvalue weighted by Gasteiger charge is -2.35. The number of carbonyl (C=O) groups is 2. The zero-order chi connectivity index (χ0) is 15.3. The molecular weight excluding hydrogens is 260 g/mol. The van der Waals surface area contributed by atoms with Gasteiger partial charge in [-0.1, -0.05) is 0 Å². The maximum Gasteiger partial charge on any atom is 0.329 e. The molecule has 2 amide bonds. The molecule has 0 radical (unpaired) electrons. The number of nitrogens with one attached hydrogen (secondary N) is 1. The minimum atomic E-state index is -1.25. The quantitative estimate of drug-likeness (QED) is 0.819. The maximum absolute atomic E-state index is 12.2. The summed E-state index contributed by atoms with van der Waals surface area (Å²) < 4.78 is 1.71. The molecule has 1 aromatic heterocycles. The SMILES string of the molecule is CCN(C(=O)NC(C)Cn1cccn1)C(C)(C)C(=O)O. The number of hydrogen-bond acceptors (Lipinski definition) is 3. The zero-order valence-corrected chi connectivity index (χ0v) is 12.3. The molecule has 1 heterocycles. The Hall–Kier alpha value is -2.05. The van der Waals surface area contributed by atoms with Crippen molar-refractivity contribution >= 4 is 12.0 Å². The Kier molecular flexibility index (Phi) is 5.12. The highest BCUT2D eigenvalue weighted by atomic mass is 16.4. The van der Waals surface area contributed by atoms with Crippen molar-refractivity contribution in [3.05, 3.63) is 18.5 Å². The van der Waals surface area contributed by atoms with Crippen LogP contribution in [0.3, 0.4) is 0 Å². The molecule has 0 fully saturated rings. The first-order valence-electron chi connectivity index (χ1n) is 6.58. The van der Waals surface area contributed by atoms with E-state index >= 15 is 0 Å². The molecule has 7 nitrogen and oxygen atoms in total. The van der Waals surface area contributed by atoms with E-state index in [0.29, 0.717) is 13.1 Å². The number of carboxylic acid groups (broad SMARTS) is 1. The standard InChI is InChI=1S/C13H22N4O3/c1-5-17(13(3,4)11(18)19)12(20)15-10(2)9-16-8-6-7-14-16/h6-8,10H,5,9H2,1-4H3,(H,15,20)(H,18,19). The third-order valence-corrected chi connectivity index (χ3v) is 3.15. The number of likely N-dealkylation sites (N-methyl/N-ethyl adjacent to an activating group) is 1. The second-order valence-electron chi connectivity index (χ2n) is 5.19. The number of urea groups is 1. The van der Waals surface area contributed by atoms with Gasteiger partial charge in [0.25, 0.3) is 0 Å². The fourth-order valence-electron chi connectivity index (χ4n) is 1.93. The van der Waals surface area contributed by atoms with E-state index in [0.717, 1.165) is 0 Å². The van der Waals surface area contributed by atoms with Crippen LogP contribution >= 0.6 is 0 Å². The van der Waals surface area contributed by atoms with E-state index in [-0.39, 0.29) is 12.1 Å². The summed E-state index contributed by atoms with van der Waals surface area (Å²) >= 11 is 0. The Bertz CT molecular complexity index is 456. The van der Waals surface area contributed by atoms with Gasteiger partial charge in [-0.2, -0.15) is 5.10 Å². The van der Waals surface area contributed by atoms with Gasteiger partial charge in [0, 0.05) is 25.0 Å². The van der Waals surface area contributed by atoms with Crippen LogP contribution in [-0.4, -0.2) is 49.9 Å². The summed E-state index contributed by atoms with van der Waals surface area (Å²) in [5.74, 6) is -1.03. The first-order chi connectivity index (χ1) is 9.28. The molecule has 2 N–H and O–H groups in total. The molecule has 112 valence electrons. The molecule has 0 bridgehead atoms. The minimum Gasteiger partial charge on any atom is -0.480 e. The van der Waals surface area contributed by atoms with Gasteiger partial charge in [0.1, 0.15) is 5.54 Å². The molecule has 0 aliphatic heterocycles. The average molecular weight is 282 g/mol. The fourth-order valence-corrected chi connectivity index (χ4v) is 1.93. The third-order valence-electron chi connectivity index (χ3n) is 3.15. The minimum absolute atomic E-state index is 0.152. The van der Waals surface area contributed by atoms with Gasteiger partial charge in [-0.05, 0) is 33.8 Å². The van der Waals surface area contributed by atoms with Crippen LogP contribution in [0.25, 0.3) is 0 Å². The number of carboxylic acids is 1. The van der Waals surface area contributed by atoms with Crippen LogP contribution in [0.2, 0.25) is 0 Å². The van der Waals surface area contributed by atoms with Crippen molar-refractivity contribution in [3.63, 3.8) is 0 Å². The molecule has 20 heavy (non-hydrogen) atoms. The predicted octanol–water partition coefficient (Wildman–Crippen LogP) is 1.17. The highest BCUT2D eigenvalue weighted by Gasteiger charge is 2.37. The Morgan fingerprint density at radius 3 is 2.60 bits per heavy atom. The Labute approximate surface area is 118 Å². The highest BCUT2D eigenvalue weighted by molar-refractivity contribution is 5.85. The normalized spacial score (nSPS) is 12.8. The Morgan fingerprint density at radius 1 is 1.50 bits per heavy atom. The molecule has 0 aliphatic carbocycles. The number of hydrogen-bond donors (Lipinski definition) is 2. The van der Waals surface area contributed by atoms with E-state index in [1.165, 1.54) is 18.7 Å². The van der Waals surface area contributed by atoms with Crippen molar-refractivity contribution in [3.8, 4) is 0 Å². The number of amides is 2. The lowest BCUT2D eigenvalue weighted by atomic mass is 10.0. The summed E-state index contributed by atoms with van der Waals surface area (Å²) in [5.41, 5.74) is -1.25. The lowest BCUT2D eigenvalue weighted by Crippen LogP contribution is -2.57. The monoisotopic (exact) mass is 282 g/mol. The molecule has 1 aromatic rings. The van der Waals surface area contributed by atoms with Gasteiger partial charge in [0.15, 0.2) is 0 Å². The Morgan fingerprint density at radius 2 is 2.15 bits per heavy atom. The van der Waals surface area contributed by atoms with Crippen molar-refractivity contribution < 1.29 is 14.7 Å². The second-order valence-corrected chi connectivity index (χ2v) is 5.19. The summed E-state index contributed by atoms with van der Waals surface area (Å²) in [6.45, 7) is 7.47. The molecule has 0 saturated carbocycles. The first-order valence-corrected chi connectivity index (χ1v) is 6.58. The number of aliphatic carboxylic acids is 1. The molecule has 0 aliphatic rings. The molecule has 0 saturated heterocycles. The molecule has 1 unspecified atom stereocenters. The first kappa shape index (κ1) is 16.0. The smallest absolute Gasteiger partial charge is 0.329 e. The molecule has 0 spiro atoms. The van der Waals surface area contributed by atoms with Crippen LogP contribution < -0.4 is 5.32 Å². The number of rotatable bonds is 6. The summed E-state index contributed by atoms with van der Waals surface area (Å²) in [6.07, 6.45) is 3.47. The third kappa shape index (κ3) is 3.72. The molecule has 1 rings (SSSR count). The second kappa shape index (κ2) is 6.40. The van der Waals surface area contributed by atoms with Gasteiger partial charge in [-0.3, -0.25) is 4.68 Å². The maximum atomic E-state index is 12.2. The van der Waals surface area contributed by atoms with Crippen LogP contribution in [-0.2, 0) is 11.3 Å². The van der Waals surface area contributed by atoms with Crippen molar-refractivity contribution in [2.75, 3.05) is 6.54 Å². The summed E-state index contributed by atoms with van der Waals surface area (Å²) in [4.78, 5) is 24.7. The van der Waals surface area contributed by atoms with Gasteiger partial charge in [-0.15, -0.1) is 0 Å². The van der Waals surface area contributed by atoms with Crippen LogP contribution in [0.4, 0.5) is 4.79 Å². The van der Waals surface area contributed by atoms with E-state index in [1.807, 2.05) is 6.92 Å². The van der Waals surface area contributed by atoms with Crippen molar-refractivity contribution in [2.24, 2.45) is 0 Å². The number of nitrogens with zero attached hydrogens (tertiary/aromatic N) is 3. The van der Waals surface area contributed by atoms with Gasteiger partial charge in [0.2, 0.25) is 0 Å². The van der Waals surface area contributed by atoms with Crippen LogP contribution in [0, 0.1) is 0 Å². The summed E-state index contributed by atoms with van der Waals surface area (Å²) in [6, 6.07) is 1.26. The molecular formula is C13H22N4O3. The fraction of sp³-hybridized carbons (Fsp3) is 0.615. The number of aromatic nitrogens is 2. The summed E-state index contributed by atoms with van der Waals surface area (Å²) in [7, 11) is 0. The van der Waals surface area contributed by atoms with E-state index < -0.39 is 11.5 Å². The largest absolute Gasteiger partial charge is 0.480 e. The van der Waals surface area contributed by atoms with Gasteiger partial charge in [0.05, 0.1) is 6.54 Å². The van der Waals surface area contributed by atoms with Crippen LogP contribution in [0.1, 0.15) is 27.7 Å². The molecule has 1 atom stereocenters. The van der Waals surface area contributed by atoms with Gasteiger partial charge in [-0.25, -0.2) is 9.59 Å². The number of carbonyl (C=O) groups excluding carboxylic acids is 1. The summed E-state index contributed by atoms with van der Waals surface area (Å²) in [5, 5.41) is 16.1. The average Bonchev–Trinajstić information content (AvgIpc) is 2.81. The van der Waals surface area contributed by atoms with E-state index in [1.54, 1.807) is 30.1 Å². The van der Waals surface area contributed by atoms with Crippen molar-refractivity contribution in [1.29, 1.82) is 0 Å². The zero-order valence-electron chi connectivity index (χ0n) is 12.3. The lowest BCUT2D eigenvalue weighted by molar-refractivity contribution is -0.147. The van der Waals surface area contributed by atoms with E-state index in [9.17, 15) is 14.7 Å². The molecule has 7 heteroatoms. The predicted molar refractivity (Wildman–Crippen MR) is 74.3 cm³/mol. The molecule has 0 aromatic carbocycles.